The molecule has 2 aliphatic rings. The summed E-state index contributed by atoms with van der Waals surface area (Å²) in [4.78, 5) is 14.1. The summed E-state index contributed by atoms with van der Waals surface area (Å²) >= 11 is 0. The summed E-state index contributed by atoms with van der Waals surface area (Å²) in [6.45, 7) is 8.01. The maximum absolute atomic E-state index is 11.5. The Balaban J connectivity index is 0.00000162. The lowest BCUT2D eigenvalue weighted by Crippen LogP contribution is -2.44. The summed E-state index contributed by atoms with van der Waals surface area (Å²) < 4.78 is 0. The third-order valence-corrected chi connectivity index (χ3v) is 4.27. The molecule has 2 saturated heterocycles. The van der Waals surface area contributed by atoms with Crippen LogP contribution in [0.15, 0.2) is 0 Å². The first-order valence-corrected chi connectivity index (χ1v) is 6.78. The van der Waals surface area contributed by atoms with Crippen molar-refractivity contribution in [3.8, 4) is 0 Å². The van der Waals surface area contributed by atoms with Gasteiger partial charge in [0.1, 0.15) is 0 Å². The van der Waals surface area contributed by atoms with Gasteiger partial charge in [0.2, 0.25) is 5.91 Å². The van der Waals surface area contributed by atoms with Crippen LogP contribution in [0.3, 0.4) is 0 Å². The summed E-state index contributed by atoms with van der Waals surface area (Å²) in [5.41, 5.74) is 0.444. The summed E-state index contributed by atoms with van der Waals surface area (Å²) in [6, 6.07) is 0. The summed E-state index contributed by atoms with van der Waals surface area (Å²) in [7, 11) is 1.74. The Morgan fingerprint density at radius 2 is 2.11 bits per heavy atom. The van der Waals surface area contributed by atoms with Gasteiger partial charge >= 0.3 is 0 Å². The molecule has 18 heavy (non-hydrogen) atoms. The van der Waals surface area contributed by atoms with Gasteiger partial charge in [0.25, 0.3) is 0 Å². The van der Waals surface area contributed by atoms with Gasteiger partial charge in [0.15, 0.2) is 0 Å². The molecule has 1 atom stereocenters. The average Bonchev–Trinajstić information content (AvgIpc) is 2.76. The van der Waals surface area contributed by atoms with E-state index in [1.54, 1.807) is 7.05 Å². The molecule has 0 aromatic carbocycles. The van der Waals surface area contributed by atoms with E-state index in [1.165, 1.54) is 13.0 Å². The lowest BCUT2D eigenvalue weighted by Gasteiger charge is -2.36. The summed E-state index contributed by atoms with van der Waals surface area (Å²) in [5, 5.41) is 6.21. The van der Waals surface area contributed by atoms with Crippen LogP contribution in [0.5, 0.6) is 0 Å². The number of likely N-dealkylation sites (tertiary alicyclic amines) is 1. The third-order valence-electron chi connectivity index (χ3n) is 4.27. The minimum atomic E-state index is 0. The van der Waals surface area contributed by atoms with E-state index in [2.05, 4.69) is 22.5 Å². The smallest absolute Gasteiger partial charge is 0.222 e. The normalized spacial score (nSPS) is 29.9. The van der Waals surface area contributed by atoms with Gasteiger partial charge in [0.05, 0.1) is 0 Å². The fraction of sp³-hybridized carbons (Fsp3) is 0.923. The van der Waals surface area contributed by atoms with Crippen LogP contribution >= 0.6 is 12.4 Å². The zero-order chi connectivity index (χ0) is 12.3. The van der Waals surface area contributed by atoms with E-state index in [4.69, 9.17) is 0 Å². The molecule has 106 valence electrons. The second kappa shape index (κ2) is 6.73. The Labute approximate surface area is 116 Å². The summed E-state index contributed by atoms with van der Waals surface area (Å²) in [6.07, 6.45) is 3.31. The van der Waals surface area contributed by atoms with Crippen molar-refractivity contribution in [3.63, 3.8) is 0 Å². The molecule has 4 nitrogen and oxygen atoms in total. The highest BCUT2D eigenvalue weighted by atomic mass is 35.5. The molecule has 0 saturated carbocycles. The van der Waals surface area contributed by atoms with E-state index in [9.17, 15) is 4.79 Å². The predicted molar refractivity (Wildman–Crippen MR) is 76.1 cm³/mol. The first-order valence-electron chi connectivity index (χ1n) is 6.78. The molecule has 1 amide bonds. The molecule has 5 heteroatoms. The van der Waals surface area contributed by atoms with E-state index in [1.807, 2.05) is 0 Å². The first kappa shape index (κ1) is 15.7. The van der Waals surface area contributed by atoms with E-state index < -0.39 is 0 Å². The molecule has 0 aliphatic carbocycles. The number of hydrogen-bond acceptors (Lipinski definition) is 3. The number of halogens is 1. The van der Waals surface area contributed by atoms with Crippen molar-refractivity contribution in [1.82, 2.24) is 15.5 Å². The standard InChI is InChI=1S/C13H25N3O.ClH/c1-13(5-6-15-9-13)10-16-7-3-11(4-8-16)12(17)14-2;/h11,15H,3-10H2,1-2H3,(H,14,17);1H. The number of amides is 1. The molecular formula is C13H26ClN3O. The minimum Gasteiger partial charge on any atom is -0.359 e. The Hall–Kier alpha value is -0.320. The van der Waals surface area contributed by atoms with Crippen LogP contribution in [0.1, 0.15) is 26.2 Å². The molecule has 0 bridgehead atoms. The molecule has 0 aromatic rings. The zero-order valence-electron chi connectivity index (χ0n) is 11.5. The number of nitrogens with one attached hydrogen (secondary N) is 2. The topological polar surface area (TPSA) is 44.4 Å². The highest BCUT2D eigenvalue weighted by Gasteiger charge is 2.32. The van der Waals surface area contributed by atoms with Crippen molar-refractivity contribution in [1.29, 1.82) is 0 Å². The second-order valence-corrected chi connectivity index (χ2v) is 5.90. The van der Waals surface area contributed by atoms with Gasteiger partial charge in [0, 0.05) is 26.1 Å². The molecule has 2 fully saturated rings. The van der Waals surface area contributed by atoms with Gasteiger partial charge in [-0.1, -0.05) is 6.92 Å². The Bertz CT molecular complexity index is 271. The molecule has 0 aromatic heterocycles. The van der Waals surface area contributed by atoms with Crippen molar-refractivity contribution in [2.75, 3.05) is 39.8 Å². The van der Waals surface area contributed by atoms with Crippen molar-refractivity contribution in [2.45, 2.75) is 26.2 Å². The second-order valence-electron chi connectivity index (χ2n) is 5.90. The highest BCUT2D eigenvalue weighted by Crippen LogP contribution is 2.28. The SMILES string of the molecule is CNC(=O)C1CCN(CC2(C)CCNC2)CC1.Cl. The first-order chi connectivity index (χ1) is 8.13. The van der Waals surface area contributed by atoms with Gasteiger partial charge in [-0.2, -0.15) is 0 Å². The molecule has 1 unspecified atom stereocenters. The Morgan fingerprint density at radius 1 is 1.44 bits per heavy atom. The van der Waals surface area contributed by atoms with Crippen LogP contribution in [0.4, 0.5) is 0 Å². The van der Waals surface area contributed by atoms with Crippen molar-refractivity contribution < 1.29 is 4.79 Å². The maximum Gasteiger partial charge on any atom is 0.222 e. The van der Waals surface area contributed by atoms with Gasteiger partial charge in [-0.05, 0) is 44.3 Å². The number of rotatable bonds is 3. The number of carbonyl (C=O) groups excluding carboxylic acids is 1. The molecule has 0 radical (unpaired) electrons. The van der Waals surface area contributed by atoms with E-state index in [-0.39, 0.29) is 24.2 Å². The van der Waals surface area contributed by atoms with Crippen LogP contribution in [-0.2, 0) is 4.79 Å². The maximum atomic E-state index is 11.5. The van der Waals surface area contributed by atoms with Crippen molar-refractivity contribution >= 4 is 18.3 Å². The third kappa shape index (κ3) is 3.84. The number of nitrogens with zero attached hydrogens (tertiary/aromatic N) is 1. The Morgan fingerprint density at radius 3 is 2.61 bits per heavy atom. The number of carbonyl (C=O) groups is 1. The summed E-state index contributed by atoms with van der Waals surface area (Å²) in [5.74, 6) is 0.462. The van der Waals surface area contributed by atoms with Gasteiger partial charge < -0.3 is 15.5 Å². The fourth-order valence-electron chi connectivity index (χ4n) is 3.10. The molecular weight excluding hydrogens is 250 g/mol. The van der Waals surface area contributed by atoms with E-state index in [0.717, 1.165) is 39.0 Å². The lowest BCUT2D eigenvalue weighted by molar-refractivity contribution is -0.126. The van der Waals surface area contributed by atoms with Crippen LogP contribution in [-0.4, -0.2) is 50.6 Å². The predicted octanol–water partition coefficient (Wildman–Crippen LogP) is 0.866. The van der Waals surface area contributed by atoms with Gasteiger partial charge in [-0.25, -0.2) is 0 Å². The zero-order valence-corrected chi connectivity index (χ0v) is 12.3. The number of piperidine rings is 1. The van der Waals surface area contributed by atoms with Crippen LogP contribution in [0.2, 0.25) is 0 Å². The van der Waals surface area contributed by atoms with Crippen molar-refractivity contribution in [2.24, 2.45) is 11.3 Å². The van der Waals surface area contributed by atoms with Crippen molar-refractivity contribution in [3.05, 3.63) is 0 Å². The van der Waals surface area contributed by atoms with E-state index >= 15 is 0 Å². The van der Waals surface area contributed by atoms with E-state index in [0.29, 0.717) is 5.41 Å². The fourth-order valence-corrected chi connectivity index (χ4v) is 3.10. The lowest BCUT2D eigenvalue weighted by atomic mass is 9.87. The van der Waals surface area contributed by atoms with Gasteiger partial charge in [-0.15, -0.1) is 12.4 Å². The molecule has 2 rings (SSSR count). The molecule has 2 heterocycles. The minimum absolute atomic E-state index is 0. The average molecular weight is 276 g/mol. The number of hydrogen-bond donors (Lipinski definition) is 2. The molecule has 0 spiro atoms. The molecule has 2 aliphatic heterocycles. The van der Waals surface area contributed by atoms with Crippen LogP contribution in [0.25, 0.3) is 0 Å². The molecule has 2 N–H and O–H groups in total. The van der Waals surface area contributed by atoms with Crippen LogP contribution < -0.4 is 10.6 Å². The highest BCUT2D eigenvalue weighted by molar-refractivity contribution is 5.85. The van der Waals surface area contributed by atoms with Crippen LogP contribution in [0, 0.1) is 11.3 Å². The largest absolute Gasteiger partial charge is 0.359 e. The quantitative estimate of drug-likeness (QED) is 0.803. The van der Waals surface area contributed by atoms with Gasteiger partial charge in [-0.3, -0.25) is 4.79 Å². The monoisotopic (exact) mass is 275 g/mol. The Kier molecular flexibility index (Phi) is 5.89.